The second-order valence-electron chi connectivity index (χ2n) is 4.28. The number of nitrogens with one attached hydrogen (secondary N) is 1. The van der Waals surface area contributed by atoms with Crippen molar-refractivity contribution in [2.45, 2.75) is 17.9 Å². The van der Waals surface area contributed by atoms with Gasteiger partial charge in [-0.1, -0.05) is 23.7 Å². The Kier molecular flexibility index (Phi) is 4.27. The second kappa shape index (κ2) is 5.78. The number of anilines is 1. The van der Waals surface area contributed by atoms with E-state index in [0.717, 1.165) is 5.56 Å². The van der Waals surface area contributed by atoms with E-state index in [9.17, 15) is 8.42 Å². The largest absolute Gasteiger partial charge is 0.383 e. The van der Waals surface area contributed by atoms with Crippen molar-refractivity contribution < 1.29 is 8.42 Å². The van der Waals surface area contributed by atoms with Crippen molar-refractivity contribution in [2.24, 2.45) is 0 Å². The Hall–Kier alpha value is -1.63. The van der Waals surface area contributed by atoms with Crippen LogP contribution >= 0.6 is 11.6 Å². The molecule has 1 unspecified atom stereocenters. The Morgan fingerprint density at radius 3 is 2.70 bits per heavy atom. The molecule has 0 aliphatic rings. The number of sulfonamides is 1. The molecule has 0 amide bonds. The Morgan fingerprint density at radius 2 is 2.05 bits per heavy atom. The van der Waals surface area contributed by atoms with Crippen LogP contribution in [0.5, 0.6) is 0 Å². The smallest absolute Gasteiger partial charge is 0.244 e. The average molecular weight is 312 g/mol. The summed E-state index contributed by atoms with van der Waals surface area (Å²) in [6.07, 6.45) is 1.44. The maximum absolute atomic E-state index is 12.3. The highest BCUT2D eigenvalue weighted by Crippen LogP contribution is 2.21. The number of hydrogen-bond donors (Lipinski definition) is 2. The SMILES string of the molecule is CC(NS(=O)(=O)c1cccnc1N)c1cccc(Cl)c1. The third-order valence-electron chi connectivity index (χ3n) is 2.77. The summed E-state index contributed by atoms with van der Waals surface area (Å²) in [5.74, 6) is -0.0294. The first-order valence-electron chi connectivity index (χ1n) is 5.88. The first-order chi connectivity index (χ1) is 9.40. The van der Waals surface area contributed by atoms with E-state index in [4.69, 9.17) is 17.3 Å². The number of pyridine rings is 1. The van der Waals surface area contributed by atoms with E-state index in [1.165, 1.54) is 18.3 Å². The van der Waals surface area contributed by atoms with Crippen LogP contribution in [0.3, 0.4) is 0 Å². The number of rotatable bonds is 4. The lowest BCUT2D eigenvalue weighted by Crippen LogP contribution is -2.27. The fourth-order valence-electron chi connectivity index (χ4n) is 1.77. The van der Waals surface area contributed by atoms with E-state index in [-0.39, 0.29) is 10.7 Å². The third kappa shape index (κ3) is 3.27. The van der Waals surface area contributed by atoms with E-state index < -0.39 is 16.1 Å². The van der Waals surface area contributed by atoms with Crippen molar-refractivity contribution in [1.29, 1.82) is 0 Å². The Morgan fingerprint density at radius 1 is 1.30 bits per heavy atom. The monoisotopic (exact) mass is 311 g/mol. The summed E-state index contributed by atoms with van der Waals surface area (Å²) in [4.78, 5) is 3.74. The van der Waals surface area contributed by atoms with Gasteiger partial charge in [0.25, 0.3) is 0 Å². The lowest BCUT2D eigenvalue weighted by Gasteiger charge is -2.15. The van der Waals surface area contributed by atoms with Gasteiger partial charge in [-0.3, -0.25) is 0 Å². The van der Waals surface area contributed by atoms with E-state index in [2.05, 4.69) is 9.71 Å². The molecule has 106 valence electrons. The minimum atomic E-state index is -3.73. The number of halogens is 1. The predicted molar refractivity (Wildman–Crippen MR) is 78.8 cm³/mol. The summed E-state index contributed by atoms with van der Waals surface area (Å²) in [7, 11) is -3.73. The van der Waals surface area contributed by atoms with Gasteiger partial charge in [-0.05, 0) is 36.8 Å². The highest BCUT2D eigenvalue weighted by atomic mass is 35.5. The second-order valence-corrected chi connectivity index (χ2v) is 6.40. The van der Waals surface area contributed by atoms with E-state index in [0.29, 0.717) is 5.02 Å². The molecule has 0 bridgehead atoms. The first-order valence-corrected chi connectivity index (χ1v) is 7.74. The fraction of sp³-hybridized carbons (Fsp3) is 0.154. The Labute approximate surface area is 122 Å². The topological polar surface area (TPSA) is 85.1 Å². The molecule has 2 aromatic rings. The first kappa shape index (κ1) is 14.8. The minimum absolute atomic E-state index is 0.0294. The molecule has 0 aliphatic carbocycles. The molecule has 0 saturated heterocycles. The summed E-state index contributed by atoms with van der Waals surface area (Å²) < 4.78 is 27.1. The molecule has 1 heterocycles. The number of hydrogen-bond acceptors (Lipinski definition) is 4. The van der Waals surface area contributed by atoms with Gasteiger partial charge in [-0.2, -0.15) is 0 Å². The molecular formula is C13H14ClN3O2S. The van der Waals surface area contributed by atoms with Gasteiger partial charge in [-0.15, -0.1) is 0 Å². The van der Waals surface area contributed by atoms with E-state index in [1.54, 1.807) is 31.2 Å². The molecule has 1 aromatic carbocycles. The molecule has 5 nitrogen and oxygen atoms in total. The van der Waals surface area contributed by atoms with Crippen molar-refractivity contribution >= 4 is 27.4 Å². The van der Waals surface area contributed by atoms with Gasteiger partial charge in [0.05, 0.1) is 0 Å². The van der Waals surface area contributed by atoms with Crippen molar-refractivity contribution in [2.75, 3.05) is 5.73 Å². The van der Waals surface area contributed by atoms with Crippen molar-refractivity contribution in [3.8, 4) is 0 Å². The van der Waals surface area contributed by atoms with Gasteiger partial charge < -0.3 is 5.73 Å². The minimum Gasteiger partial charge on any atom is -0.383 e. The number of nitrogen functional groups attached to an aromatic ring is 1. The zero-order valence-corrected chi connectivity index (χ0v) is 12.3. The summed E-state index contributed by atoms with van der Waals surface area (Å²) in [5.41, 5.74) is 6.36. The fourth-order valence-corrected chi connectivity index (χ4v) is 3.28. The van der Waals surface area contributed by atoms with Crippen LogP contribution < -0.4 is 10.5 Å². The molecule has 7 heteroatoms. The highest BCUT2D eigenvalue weighted by Gasteiger charge is 2.21. The van der Waals surface area contributed by atoms with Crippen LogP contribution in [0, 0.1) is 0 Å². The van der Waals surface area contributed by atoms with Crippen molar-refractivity contribution in [3.63, 3.8) is 0 Å². The molecule has 2 rings (SSSR count). The van der Waals surface area contributed by atoms with Gasteiger partial charge in [0.2, 0.25) is 10.0 Å². The van der Waals surface area contributed by atoms with Crippen LogP contribution in [0.1, 0.15) is 18.5 Å². The normalized spacial score (nSPS) is 13.1. The molecule has 1 aromatic heterocycles. The number of aromatic nitrogens is 1. The summed E-state index contributed by atoms with van der Waals surface area (Å²) in [5, 5.41) is 0.550. The highest BCUT2D eigenvalue weighted by molar-refractivity contribution is 7.89. The summed E-state index contributed by atoms with van der Waals surface area (Å²) in [6, 6.07) is 9.50. The average Bonchev–Trinajstić information content (AvgIpc) is 2.38. The van der Waals surface area contributed by atoms with E-state index in [1.807, 2.05) is 0 Å². The van der Waals surface area contributed by atoms with Gasteiger partial charge in [0.15, 0.2) is 0 Å². The van der Waals surface area contributed by atoms with Crippen LogP contribution in [0.4, 0.5) is 5.82 Å². The molecule has 0 radical (unpaired) electrons. The summed E-state index contributed by atoms with van der Waals surface area (Å²) in [6.45, 7) is 1.73. The molecule has 20 heavy (non-hydrogen) atoms. The Balaban J connectivity index is 2.27. The molecule has 0 aliphatic heterocycles. The molecular weight excluding hydrogens is 298 g/mol. The van der Waals surface area contributed by atoms with Crippen molar-refractivity contribution in [1.82, 2.24) is 9.71 Å². The zero-order chi connectivity index (χ0) is 14.8. The van der Waals surface area contributed by atoms with Crippen LogP contribution in [0.25, 0.3) is 0 Å². The number of nitrogens with zero attached hydrogens (tertiary/aromatic N) is 1. The Bertz CT molecular complexity index is 719. The predicted octanol–water partition coefficient (Wildman–Crippen LogP) is 2.36. The van der Waals surface area contributed by atoms with Crippen molar-refractivity contribution in [3.05, 3.63) is 53.2 Å². The molecule has 0 saturated carbocycles. The van der Waals surface area contributed by atoms with Crippen LogP contribution in [-0.4, -0.2) is 13.4 Å². The van der Waals surface area contributed by atoms with Gasteiger partial charge in [0.1, 0.15) is 10.7 Å². The van der Waals surface area contributed by atoms with Crippen LogP contribution in [0.15, 0.2) is 47.5 Å². The molecule has 3 N–H and O–H groups in total. The van der Waals surface area contributed by atoms with Gasteiger partial charge in [0, 0.05) is 17.3 Å². The summed E-state index contributed by atoms with van der Waals surface area (Å²) >= 11 is 5.90. The van der Waals surface area contributed by atoms with Gasteiger partial charge >= 0.3 is 0 Å². The maximum Gasteiger partial charge on any atom is 0.244 e. The standard InChI is InChI=1S/C13H14ClN3O2S/c1-9(10-4-2-5-11(14)8-10)17-20(18,19)12-6-3-7-16-13(12)15/h2-9,17H,1H3,(H2,15,16). The quantitative estimate of drug-likeness (QED) is 0.907. The lowest BCUT2D eigenvalue weighted by atomic mass is 10.1. The van der Waals surface area contributed by atoms with Crippen LogP contribution in [0.2, 0.25) is 5.02 Å². The maximum atomic E-state index is 12.3. The molecule has 0 spiro atoms. The van der Waals surface area contributed by atoms with E-state index >= 15 is 0 Å². The van der Waals surface area contributed by atoms with Gasteiger partial charge in [-0.25, -0.2) is 18.1 Å². The number of nitrogens with two attached hydrogens (primary N) is 1. The number of benzene rings is 1. The zero-order valence-electron chi connectivity index (χ0n) is 10.7. The molecule has 1 atom stereocenters. The molecule has 0 fully saturated rings. The third-order valence-corrected chi connectivity index (χ3v) is 4.59. The lowest BCUT2D eigenvalue weighted by molar-refractivity contribution is 0.567. The van der Waals surface area contributed by atoms with Crippen LogP contribution in [-0.2, 0) is 10.0 Å².